The van der Waals surface area contributed by atoms with E-state index in [2.05, 4.69) is 20.3 Å². The van der Waals surface area contributed by atoms with E-state index in [1.807, 2.05) is 18.7 Å². The smallest absolute Gasteiger partial charge is 0.245 e. The fourth-order valence-electron chi connectivity index (χ4n) is 1.39. The largest absolute Gasteiger partial charge is 0.409 e. The van der Waals surface area contributed by atoms with Crippen molar-refractivity contribution >= 4 is 11.8 Å². The van der Waals surface area contributed by atoms with Crippen molar-refractivity contribution in [2.45, 2.75) is 20.3 Å². The first-order chi connectivity index (χ1) is 9.08. The number of oxime groups is 1. The summed E-state index contributed by atoms with van der Waals surface area (Å²) in [7, 11) is 1.63. The Morgan fingerprint density at radius 2 is 2.05 bits per heavy atom. The number of anilines is 1. The maximum absolute atomic E-state index is 8.55. The van der Waals surface area contributed by atoms with Crippen LogP contribution in [0.3, 0.4) is 0 Å². The summed E-state index contributed by atoms with van der Waals surface area (Å²) in [6.45, 7) is 5.41. The summed E-state index contributed by atoms with van der Waals surface area (Å²) in [5.74, 6) is 0.685. The molecule has 0 aromatic carbocycles. The Morgan fingerprint density at radius 1 is 1.32 bits per heavy atom. The first-order valence-electron chi connectivity index (χ1n) is 5.96. The van der Waals surface area contributed by atoms with Gasteiger partial charge in [0, 0.05) is 26.6 Å². The fourth-order valence-corrected chi connectivity index (χ4v) is 1.39. The standard InChI is InChI=1S/C11H20N6O2/c1-8-9(2)14-15-11(13-8)17(6-7-19-3)5-4-10(12)16-18/h18H,4-7H2,1-3H3,(H2,12,16). The normalized spacial score (nSPS) is 11.6. The van der Waals surface area contributed by atoms with Crippen LogP contribution in [-0.2, 0) is 4.74 Å². The third-order valence-electron chi connectivity index (χ3n) is 2.70. The summed E-state index contributed by atoms with van der Waals surface area (Å²) in [6.07, 6.45) is 0.413. The number of aromatic nitrogens is 3. The second-order valence-corrected chi connectivity index (χ2v) is 4.10. The molecule has 0 radical (unpaired) electrons. The van der Waals surface area contributed by atoms with E-state index in [4.69, 9.17) is 15.7 Å². The van der Waals surface area contributed by atoms with Gasteiger partial charge in [0.05, 0.1) is 18.0 Å². The van der Waals surface area contributed by atoms with Gasteiger partial charge < -0.3 is 20.6 Å². The zero-order valence-electron chi connectivity index (χ0n) is 11.5. The maximum atomic E-state index is 8.55. The van der Waals surface area contributed by atoms with Crippen molar-refractivity contribution in [3.8, 4) is 0 Å². The number of hydrogen-bond acceptors (Lipinski definition) is 7. The molecule has 0 bridgehead atoms. The van der Waals surface area contributed by atoms with E-state index in [0.717, 1.165) is 11.4 Å². The molecule has 1 heterocycles. The third kappa shape index (κ3) is 4.66. The second-order valence-electron chi connectivity index (χ2n) is 4.10. The molecule has 0 unspecified atom stereocenters. The minimum Gasteiger partial charge on any atom is -0.409 e. The average molecular weight is 268 g/mol. The number of nitrogens with zero attached hydrogens (tertiary/aromatic N) is 5. The lowest BCUT2D eigenvalue weighted by Crippen LogP contribution is -2.33. The van der Waals surface area contributed by atoms with Crippen molar-refractivity contribution in [1.29, 1.82) is 0 Å². The van der Waals surface area contributed by atoms with Crippen LogP contribution in [-0.4, -0.2) is 53.0 Å². The molecule has 1 aromatic heterocycles. The molecule has 106 valence electrons. The Balaban J connectivity index is 2.79. The Kier molecular flexibility index (Phi) is 5.94. The van der Waals surface area contributed by atoms with Crippen LogP contribution in [0.1, 0.15) is 17.8 Å². The van der Waals surface area contributed by atoms with Crippen molar-refractivity contribution in [2.75, 3.05) is 31.7 Å². The van der Waals surface area contributed by atoms with Crippen LogP contribution in [0.25, 0.3) is 0 Å². The zero-order chi connectivity index (χ0) is 14.3. The lowest BCUT2D eigenvalue weighted by Gasteiger charge is -2.21. The molecule has 8 nitrogen and oxygen atoms in total. The Labute approximate surface area is 112 Å². The SMILES string of the molecule is COCCN(CCC(N)=NO)c1nnc(C)c(C)n1. The van der Waals surface area contributed by atoms with Crippen LogP contribution in [0.15, 0.2) is 5.16 Å². The van der Waals surface area contributed by atoms with Gasteiger partial charge in [-0.25, -0.2) is 4.98 Å². The highest BCUT2D eigenvalue weighted by molar-refractivity contribution is 5.80. The number of hydrogen-bond donors (Lipinski definition) is 2. The molecule has 1 rings (SSSR count). The van der Waals surface area contributed by atoms with Gasteiger partial charge in [0.25, 0.3) is 0 Å². The number of ether oxygens (including phenoxy) is 1. The van der Waals surface area contributed by atoms with Gasteiger partial charge >= 0.3 is 0 Å². The van der Waals surface area contributed by atoms with Crippen molar-refractivity contribution in [3.05, 3.63) is 11.4 Å². The Hall–Kier alpha value is -1.96. The summed E-state index contributed by atoms with van der Waals surface area (Å²) in [5, 5.41) is 19.6. The van der Waals surface area contributed by atoms with Gasteiger partial charge in [-0.05, 0) is 13.8 Å². The number of rotatable bonds is 7. The molecule has 0 aliphatic carbocycles. The molecule has 8 heteroatoms. The summed E-state index contributed by atoms with van der Waals surface area (Å²) in [6, 6.07) is 0. The molecule has 3 N–H and O–H groups in total. The Morgan fingerprint density at radius 3 is 2.63 bits per heavy atom. The van der Waals surface area contributed by atoms with Gasteiger partial charge in [0.2, 0.25) is 5.95 Å². The van der Waals surface area contributed by atoms with E-state index >= 15 is 0 Å². The van der Waals surface area contributed by atoms with Gasteiger partial charge in [-0.1, -0.05) is 5.16 Å². The molecule has 1 aromatic rings. The summed E-state index contributed by atoms with van der Waals surface area (Å²) >= 11 is 0. The minimum atomic E-state index is 0.166. The Bertz CT molecular complexity index is 437. The molecule has 0 fully saturated rings. The maximum Gasteiger partial charge on any atom is 0.245 e. The fraction of sp³-hybridized carbons (Fsp3) is 0.636. The topological polar surface area (TPSA) is 110 Å². The van der Waals surface area contributed by atoms with Crippen molar-refractivity contribution in [1.82, 2.24) is 15.2 Å². The van der Waals surface area contributed by atoms with Gasteiger partial charge in [0.1, 0.15) is 5.84 Å². The number of methoxy groups -OCH3 is 1. The number of nitrogens with two attached hydrogens (primary N) is 1. The highest BCUT2D eigenvalue weighted by atomic mass is 16.5. The predicted molar refractivity (Wildman–Crippen MR) is 71.4 cm³/mol. The molecule has 0 amide bonds. The number of amidine groups is 1. The molecule has 0 atom stereocenters. The average Bonchev–Trinajstić information content (AvgIpc) is 2.42. The van der Waals surface area contributed by atoms with Gasteiger partial charge in [0.15, 0.2) is 0 Å². The quantitative estimate of drug-likeness (QED) is 0.312. The summed E-state index contributed by atoms with van der Waals surface area (Å²) in [4.78, 5) is 6.27. The van der Waals surface area contributed by atoms with E-state index in [9.17, 15) is 0 Å². The van der Waals surface area contributed by atoms with E-state index in [-0.39, 0.29) is 5.84 Å². The lowest BCUT2D eigenvalue weighted by atomic mass is 10.3. The monoisotopic (exact) mass is 268 g/mol. The van der Waals surface area contributed by atoms with Crippen molar-refractivity contribution in [2.24, 2.45) is 10.9 Å². The zero-order valence-corrected chi connectivity index (χ0v) is 11.5. The van der Waals surface area contributed by atoms with Crippen molar-refractivity contribution in [3.63, 3.8) is 0 Å². The van der Waals surface area contributed by atoms with Crippen LogP contribution in [0.4, 0.5) is 5.95 Å². The molecular weight excluding hydrogens is 248 g/mol. The van der Waals surface area contributed by atoms with Crippen LogP contribution in [0.2, 0.25) is 0 Å². The van der Waals surface area contributed by atoms with Gasteiger partial charge in [-0.3, -0.25) is 0 Å². The lowest BCUT2D eigenvalue weighted by molar-refractivity contribution is 0.205. The third-order valence-corrected chi connectivity index (χ3v) is 2.70. The van der Waals surface area contributed by atoms with Gasteiger partial charge in [-0.2, -0.15) is 5.10 Å². The molecule has 0 aliphatic rings. The number of aryl methyl sites for hydroxylation is 2. The first-order valence-corrected chi connectivity index (χ1v) is 5.96. The first kappa shape index (κ1) is 15.1. The van der Waals surface area contributed by atoms with Gasteiger partial charge in [-0.15, -0.1) is 5.10 Å². The molecule has 0 aliphatic heterocycles. The van der Waals surface area contributed by atoms with Crippen molar-refractivity contribution < 1.29 is 9.94 Å². The summed E-state index contributed by atoms with van der Waals surface area (Å²) in [5.41, 5.74) is 7.10. The van der Waals surface area contributed by atoms with Crippen LogP contribution in [0, 0.1) is 13.8 Å². The van der Waals surface area contributed by atoms with Crippen LogP contribution in [0.5, 0.6) is 0 Å². The van der Waals surface area contributed by atoms with Crippen LogP contribution < -0.4 is 10.6 Å². The highest BCUT2D eigenvalue weighted by Crippen LogP contribution is 2.08. The van der Waals surface area contributed by atoms with E-state index in [1.54, 1.807) is 7.11 Å². The molecule has 0 spiro atoms. The van der Waals surface area contributed by atoms with E-state index in [1.165, 1.54) is 0 Å². The van der Waals surface area contributed by atoms with E-state index in [0.29, 0.717) is 32.1 Å². The molecule has 0 saturated carbocycles. The molecule has 19 heavy (non-hydrogen) atoms. The van der Waals surface area contributed by atoms with E-state index < -0.39 is 0 Å². The minimum absolute atomic E-state index is 0.166. The summed E-state index contributed by atoms with van der Waals surface area (Å²) < 4.78 is 5.05. The predicted octanol–water partition coefficient (Wildman–Crippen LogP) is 0.0777. The molecule has 0 saturated heterocycles. The molecular formula is C11H20N6O2. The highest BCUT2D eigenvalue weighted by Gasteiger charge is 2.12. The second kappa shape index (κ2) is 7.47. The van der Waals surface area contributed by atoms with Crippen LogP contribution >= 0.6 is 0 Å².